The maximum atomic E-state index is 13.1. The summed E-state index contributed by atoms with van der Waals surface area (Å²) in [6.45, 7) is 12.0. The molecule has 0 saturated carbocycles. The van der Waals surface area contributed by atoms with Crippen LogP contribution in [0.2, 0.25) is 0 Å². The minimum atomic E-state index is -0.331. The number of methoxy groups -OCH3 is 1. The average Bonchev–Trinajstić information content (AvgIpc) is 2.52. The van der Waals surface area contributed by atoms with Gasteiger partial charge in [0.2, 0.25) is 0 Å². The third-order valence-electron chi connectivity index (χ3n) is 4.44. The zero-order valence-electron chi connectivity index (χ0n) is 16.6. The molecule has 4 nitrogen and oxygen atoms in total. The Bertz CT molecular complexity index is 801. The number of carbonyl (C=O) groups excluding carboxylic acids is 1. The Morgan fingerprint density at radius 2 is 1.38 bits per heavy atom. The molecule has 26 heavy (non-hydrogen) atoms. The molecule has 2 aromatic rings. The summed E-state index contributed by atoms with van der Waals surface area (Å²) in [4.78, 5) is 13.1. The number of ketones is 1. The number of aromatic hydroxyl groups is 2. The molecule has 0 fully saturated rings. The first-order valence-corrected chi connectivity index (χ1v) is 8.66. The molecule has 0 radical (unpaired) electrons. The van der Waals surface area contributed by atoms with Crippen LogP contribution in [0.25, 0.3) is 0 Å². The summed E-state index contributed by atoms with van der Waals surface area (Å²) in [5, 5.41) is 21.0. The van der Waals surface area contributed by atoms with Crippen LogP contribution in [0, 0.1) is 0 Å². The van der Waals surface area contributed by atoms with Crippen molar-refractivity contribution in [3.63, 3.8) is 0 Å². The monoisotopic (exact) mass is 356 g/mol. The first-order valence-electron chi connectivity index (χ1n) is 8.66. The smallest absolute Gasteiger partial charge is 0.196 e. The molecule has 0 aromatic heterocycles. The number of ether oxygens (including phenoxy) is 1. The van der Waals surface area contributed by atoms with Gasteiger partial charge in [0.05, 0.1) is 12.7 Å². The minimum absolute atomic E-state index is 0.128. The molecule has 0 saturated heterocycles. The Hall–Kier alpha value is -2.49. The van der Waals surface area contributed by atoms with Crippen molar-refractivity contribution in [1.82, 2.24) is 0 Å². The van der Waals surface area contributed by atoms with E-state index in [1.807, 2.05) is 41.5 Å². The lowest BCUT2D eigenvalue weighted by Crippen LogP contribution is -2.19. The Kier molecular flexibility index (Phi) is 5.09. The quantitative estimate of drug-likeness (QED) is 0.765. The van der Waals surface area contributed by atoms with Gasteiger partial charge in [-0.1, -0.05) is 41.5 Å². The van der Waals surface area contributed by atoms with Gasteiger partial charge >= 0.3 is 0 Å². The van der Waals surface area contributed by atoms with Crippen LogP contribution in [0.15, 0.2) is 30.3 Å². The Morgan fingerprint density at radius 1 is 0.885 bits per heavy atom. The van der Waals surface area contributed by atoms with Crippen molar-refractivity contribution in [2.75, 3.05) is 7.11 Å². The summed E-state index contributed by atoms with van der Waals surface area (Å²) in [5.74, 6) is 0.286. The largest absolute Gasteiger partial charge is 0.507 e. The van der Waals surface area contributed by atoms with E-state index in [0.29, 0.717) is 22.4 Å². The van der Waals surface area contributed by atoms with Crippen LogP contribution in [-0.4, -0.2) is 23.1 Å². The van der Waals surface area contributed by atoms with Crippen LogP contribution in [0.4, 0.5) is 0 Å². The standard InChI is InChI=1S/C22H28O4/c1-21(2,3)16-10-13(11-17(20(16)25)22(4,5)6)19(24)15-9-8-14(26-7)12-18(15)23/h8-12,23,25H,1-7H3. The van der Waals surface area contributed by atoms with Gasteiger partial charge in [0.15, 0.2) is 5.78 Å². The zero-order valence-corrected chi connectivity index (χ0v) is 16.6. The van der Waals surface area contributed by atoms with Crippen molar-refractivity contribution in [3.05, 3.63) is 52.6 Å². The van der Waals surface area contributed by atoms with Gasteiger partial charge in [0.1, 0.15) is 17.2 Å². The molecule has 140 valence electrons. The van der Waals surface area contributed by atoms with Crippen LogP contribution < -0.4 is 4.74 Å². The van der Waals surface area contributed by atoms with E-state index in [2.05, 4.69) is 0 Å². The van der Waals surface area contributed by atoms with E-state index in [4.69, 9.17) is 4.74 Å². The van der Waals surface area contributed by atoms with E-state index in [9.17, 15) is 15.0 Å². The van der Waals surface area contributed by atoms with Crippen molar-refractivity contribution in [1.29, 1.82) is 0 Å². The molecule has 0 aliphatic heterocycles. The summed E-state index contributed by atoms with van der Waals surface area (Å²) in [5.41, 5.74) is 1.40. The van der Waals surface area contributed by atoms with Gasteiger partial charge in [-0.2, -0.15) is 0 Å². The lowest BCUT2D eigenvalue weighted by Gasteiger charge is -2.28. The topological polar surface area (TPSA) is 66.8 Å². The fraction of sp³-hybridized carbons (Fsp3) is 0.409. The molecule has 0 amide bonds. The predicted molar refractivity (Wildman–Crippen MR) is 104 cm³/mol. The minimum Gasteiger partial charge on any atom is -0.507 e. The van der Waals surface area contributed by atoms with E-state index in [-0.39, 0.29) is 33.7 Å². The molecule has 4 heteroatoms. The van der Waals surface area contributed by atoms with Gasteiger partial charge in [-0.15, -0.1) is 0 Å². The van der Waals surface area contributed by atoms with Crippen LogP contribution in [-0.2, 0) is 10.8 Å². The summed E-state index contributed by atoms with van der Waals surface area (Å²) in [6, 6.07) is 8.05. The summed E-state index contributed by atoms with van der Waals surface area (Å²) in [7, 11) is 1.50. The fourth-order valence-corrected chi connectivity index (χ4v) is 2.89. The van der Waals surface area contributed by atoms with Crippen LogP contribution in [0.1, 0.15) is 68.6 Å². The maximum absolute atomic E-state index is 13.1. The normalized spacial score (nSPS) is 12.1. The lowest BCUT2D eigenvalue weighted by atomic mass is 9.77. The molecule has 0 spiro atoms. The van der Waals surface area contributed by atoms with Gasteiger partial charge < -0.3 is 14.9 Å². The van der Waals surface area contributed by atoms with E-state index >= 15 is 0 Å². The van der Waals surface area contributed by atoms with Gasteiger partial charge in [-0.3, -0.25) is 4.79 Å². The molecular formula is C22H28O4. The highest BCUT2D eigenvalue weighted by Gasteiger charge is 2.28. The van der Waals surface area contributed by atoms with E-state index in [1.165, 1.54) is 13.2 Å². The van der Waals surface area contributed by atoms with Crippen molar-refractivity contribution >= 4 is 5.78 Å². The summed E-state index contributed by atoms with van der Waals surface area (Å²) < 4.78 is 5.07. The second-order valence-electron chi connectivity index (χ2n) is 8.63. The molecule has 0 aliphatic rings. The lowest BCUT2D eigenvalue weighted by molar-refractivity contribution is 0.103. The van der Waals surface area contributed by atoms with E-state index in [0.717, 1.165) is 0 Å². The second-order valence-corrected chi connectivity index (χ2v) is 8.63. The van der Waals surface area contributed by atoms with Crippen molar-refractivity contribution in [2.45, 2.75) is 52.4 Å². The first-order chi connectivity index (χ1) is 11.9. The molecular weight excluding hydrogens is 328 g/mol. The third-order valence-corrected chi connectivity index (χ3v) is 4.44. The third kappa shape index (κ3) is 3.85. The SMILES string of the molecule is COc1ccc(C(=O)c2cc(C(C)(C)C)c(O)c(C(C)(C)C)c2)c(O)c1. The first kappa shape index (κ1) is 19.8. The van der Waals surface area contributed by atoms with Crippen molar-refractivity contribution < 1.29 is 19.7 Å². The number of carbonyl (C=O) groups is 1. The molecule has 2 N–H and O–H groups in total. The maximum Gasteiger partial charge on any atom is 0.196 e. The Balaban J connectivity index is 2.68. The number of hydrogen-bond donors (Lipinski definition) is 2. The van der Waals surface area contributed by atoms with Gasteiger partial charge in [0, 0.05) is 22.8 Å². The van der Waals surface area contributed by atoms with Crippen LogP contribution >= 0.6 is 0 Å². The predicted octanol–water partition coefficient (Wildman–Crippen LogP) is 4.93. The second kappa shape index (κ2) is 6.67. The highest BCUT2D eigenvalue weighted by atomic mass is 16.5. The van der Waals surface area contributed by atoms with Crippen molar-refractivity contribution in [3.8, 4) is 17.2 Å². The summed E-state index contributed by atoms with van der Waals surface area (Å²) in [6.07, 6.45) is 0. The number of hydrogen-bond acceptors (Lipinski definition) is 4. The molecule has 0 unspecified atom stereocenters. The highest BCUT2D eigenvalue weighted by molar-refractivity contribution is 6.11. The van der Waals surface area contributed by atoms with E-state index < -0.39 is 0 Å². The number of phenols is 2. The molecule has 0 bridgehead atoms. The van der Waals surface area contributed by atoms with Gasteiger partial charge in [-0.05, 0) is 35.1 Å². The van der Waals surface area contributed by atoms with Crippen LogP contribution in [0.5, 0.6) is 17.2 Å². The van der Waals surface area contributed by atoms with E-state index in [1.54, 1.807) is 24.3 Å². The zero-order chi connectivity index (χ0) is 19.9. The fourth-order valence-electron chi connectivity index (χ4n) is 2.89. The molecule has 2 aromatic carbocycles. The Morgan fingerprint density at radius 3 is 1.77 bits per heavy atom. The highest BCUT2D eigenvalue weighted by Crippen LogP contribution is 2.40. The average molecular weight is 356 g/mol. The van der Waals surface area contributed by atoms with Crippen molar-refractivity contribution in [2.24, 2.45) is 0 Å². The van der Waals surface area contributed by atoms with Gasteiger partial charge in [0.25, 0.3) is 0 Å². The number of phenolic OH excluding ortho intramolecular Hbond substituents is 2. The Labute approximate surface area is 155 Å². The molecule has 0 heterocycles. The summed E-state index contributed by atoms with van der Waals surface area (Å²) >= 11 is 0. The number of benzene rings is 2. The molecule has 2 rings (SSSR count). The number of rotatable bonds is 3. The molecule has 0 atom stereocenters. The van der Waals surface area contributed by atoms with Gasteiger partial charge in [-0.25, -0.2) is 0 Å². The van der Waals surface area contributed by atoms with Crippen LogP contribution in [0.3, 0.4) is 0 Å². The molecule has 0 aliphatic carbocycles.